The van der Waals surface area contributed by atoms with E-state index in [0.717, 1.165) is 41.0 Å². The maximum absolute atomic E-state index is 6.31. The van der Waals surface area contributed by atoms with E-state index in [1.807, 2.05) is 36.4 Å². The van der Waals surface area contributed by atoms with E-state index in [4.69, 9.17) is 22.3 Å². The number of hydrogen-bond donors (Lipinski definition) is 1. The number of nitrogen functional groups attached to an aromatic ring is 1. The molecule has 0 saturated carbocycles. The quantitative estimate of drug-likeness (QED) is 0.731. The van der Waals surface area contributed by atoms with Gasteiger partial charge in [-0.3, -0.25) is 0 Å². The van der Waals surface area contributed by atoms with E-state index < -0.39 is 0 Å². The number of aromatic nitrogens is 2. The summed E-state index contributed by atoms with van der Waals surface area (Å²) < 4.78 is 2.22. The third-order valence-electron chi connectivity index (χ3n) is 3.68. The Kier molecular flexibility index (Phi) is 3.84. The number of anilines is 1. The van der Waals surface area contributed by atoms with Crippen molar-refractivity contribution in [3.8, 4) is 0 Å². The Morgan fingerprint density at radius 3 is 2.71 bits per heavy atom. The average Bonchev–Trinajstić information content (AvgIpc) is 2.81. The van der Waals surface area contributed by atoms with Gasteiger partial charge in [-0.1, -0.05) is 36.7 Å². The number of halogens is 1. The van der Waals surface area contributed by atoms with E-state index in [0.29, 0.717) is 11.6 Å². The van der Waals surface area contributed by atoms with Crippen LogP contribution in [0.4, 0.5) is 5.69 Å². The lowest BCUT2D eigenvalue weighted by atomic mass is 10.1. The number of fused-ring (bicyclic) bond motifs is 1. The first-order valence-corrected chi connectivity index (χ1v) is 7.55. The Bertz CT molecular complexity index is 757. The topological polar surface area (TPSA) is 43.8 Å². The van der Waals surface area contributed by atoms with Gasteiger partial charge in [-0.2, -0.15) is 0 Å². The smallest absolute Gasteiger partial charge is 0.110 e. The van der Waals surface area contributed by atoms with Crippen molar-refractivity contribution >= 4 is 28.3 Å². The van der Waals surface area contributed by atoms with Gasteiger partial charge in [0.15, 0.2) is 0 Å². The summed E-state index contributed by atoms with van der Waals surface area (Å²) in [7, 11) is 0. The highest BCUT2D eigenvalue weighted by Crippen LogP contribution is 2.26. The number of imidazole rings is 1. The van der Waals surface area contributed by atoms with Gasteiger partial charge < -0.3 is 10.3 Å². The van der Waals surface area contributed by atoms with Crippen LogP contribution in [-0.4, -0.2) is 9.55 Å². The van der Waals surface area contributed by atoms with Crippen LogP contribution in [0, 0.1) is 0 Å². The molecule has 0 saturated heterocycles. The maximum atomic E-state index is 6.31. The Labute approximate surface area is 129 Å². The molecule has 0 radical (unpaired) electrons. The van der Waals surface area contributed by atoms with E-state index in [1.165, 1.54) is 0 Å². The second-order valence-electron chi connectivity index (χ2n) is 5.16. The zero-order valence-electron chi connectivity index (χ0n) is 12.0. The molecule has 1 heterocycles. The van der Waals surface area contributed by atoms with Crippen molar-refractivity contribution in [3.63, 3.8) is 0 Å². The molecule has 1 aromatic heterocycles. The molecule has 0 aliphatic heterocycles. The van der Waals surface area contributed by atoms with Crippen molar-refractivity contribution in [1.82, 2.24) is 9.55 Å². The highest BCUT2D eigenvalue weighted by Gasteiger charge is 2.13. The molecular formula is C17H18ClN3. The predicted molar refractivity (Wildman–Crippen MR) is 88.7 cm³/mol. The summed E-state index contributed by atoms with van der Waals surface area (Å²) in [5.41, 5.74) is 9.92. The van der Waals surface area contributed by atoms with Crippen molar-refractivity contribution < 1.29 is 0 Å². The molecule has 0 atom stereocenters. The molecule has 21 heavy (non-hydrogen) atoms. The molecule has 0 aliphatic rings. The largest absolute Gasteiger partial charge is 0.398 e. The normalized spacial score (nSPS) is 11.1. The van der Waals surface area contributed by atoms with Gasteiger partial charge in [-0.25, -0.2) is 4.98 Å². The van der Waals surface area contributed by atoms with Gasteiger partial charge in [0.25, 0.3) is 0 Å². The molecule has 0 amide bonds. The third kappa shape index (κ3) is 2.61. The van der Waals surface area contributed by atoms with Crippen LogP contribution in [-0.2, 0) is 13.0 Å². The summed E-state index contributed by atoms with van der Waals surface area (Å²) >= 11 is 6.31. The van der Waals surface area contributed by atoms with E-state index >= 15 is 0 Å². The zero-order chi connectivity index (χ0) is 14.8. The average molecular weight is 300 g/mol. The summed E-state index contributed by atoms with van der Waals surface area (Å²) in [6.45, 7) is 2.81. The number of rotatable bonds is 4. The Hall–Kier alpha value is -2.00. The van der Waals surface area contributed by atoms with Crippen LogP contribution in [0.25, 0.3) is 11.0 Å². The minimum atomic E-state index is 0.654. The number of benzene rings is 2. The molecule has 2 N–H and O–H groups in total. The van der Waals surface area contributed by atoms with Gasteiger partial charge in [0.05, 0.1) is 17.6 Å². The first-order chi connectivity index (χ1) is 10.2. The summed E-state index contributed by atoms with van der Waals surface area (Å²) in [4.78, 5) is 4.74. The van der Waals surface area contributed by atoms with Gasteiger partial charge >= 0.3 is 0 Å². The van der Waals surface area contributed by atoms with Crippen LogP contribution in [0.1, 0.15) is 24.7 Å². The molecule has 2 aromatic carbocycles. The molecule has 0 aliphatic carbocycles. The summed E-state index contributed by atoms with van der Waals surface area (Å²) in [5, 5.41) is 0.704. The monoisotopic (exact) mass is 299 g/mol. The second-order valence-corrected chi connectivity index (χ2v) is 5.57. The number of nitrogens with two attached hydrogens (primary N) is 1. The molecule has 0 unspecified atom stereocenters. The fourth-order valence-electron chi connectivity index (χ4n) is 2.62. The summed E-state index contributed by atoms with van der Waals surface area (Å²) in [6.07, 6.45) is 2.00. The zero-order valence-corrected chi connectivity index (χ0v) is 12.8. The fourth-order valence-corrected chi connectivity index (χ4v) is 2.86. The number of hydrogen-bond acceptors (Lipinski definition) is 2. The standard InChI is InChI=1S/C17H18ClN3/c1-2-6-17-20-15-9-3-4-10-16(15)21(17)11-12-13(18)7-5-8-14(12)19/h3-5,7-10H,2,6,11,19H2,1H3. The van der Waals surface area contributed by atoms with Gasteiger partial charge in [0.1, 0.15) is 5.82 Å². The molecule has 0 spiro atoms. The van der Waals surface area contributed by atoms with Crippen LogP contribution < -0.4 is 5.73 Å². The van der Waals surface area contributed by atoms with Crippen molar-refractivity contribution in [1.29, 1.82) is 0 Å². The maximum Gasteiger partial charge on any atom is 0.110 e. The van der Waals surface area contributed by atoms with Crippen molar-refractivity contribution in [2.24, 2.45) is 0 Å². The van der Waals surface area contributed by atoms with E-state index in [1.54, 1.807) is 0 Å². The molecule has 3 aromatic rings. The first kappa shape index (κ1) is 14.0. The Morgan fingerprint density at radius 1 is 1.14 bits per heavy atom. The van der Waals surface area contributed by atoms with Crippen LogP contribution in [0.3, 0.4) is 0 Å². The molecule has 3 nitrogen and oxygen atoms in total. The van der Waals surface area contributed by atoms with Crippen molar-refractivity contribution in [3.05, 3.63) is 58.9 Å². The van der Waals surface area contributed by atoms with Gasteiger partial charge in [0.2, 0.25) is 0 Å². The van der Waals surface area contributed by atoms with Crippen molar-refractivity contribution in [2.45, 2.75) is 26.3 Å². The lowest BCUT2D eigenvalue weighted by molar-refractivity contribution is 0.723. The highest BCUT2D eigenvalue weighted by atomic mass is 35.5. The molecule has 0 bridgehead atoms. The van der Waals surface area contributed by atoms with Gasteiger partial charge in [-0.15, -0.1) is 0 Å². The molecular weight excluding hydrogens is 282 g/mol. The van der Waals surface area contributed by atoms with Gasteiger partial charge in [0, 0.05) is 22.7 Å². The number of nitrogens with zero attached hydrogens (tertiary/aromatic N) is 2. The molecule has 108 valence electrons. The fraction of sp³-hybridized carbons (Fsp3) is 0.235. The predicted octanol–water partition coefficient (Wildman–Crippen LogP) is 4.27. The highest BCUT2D eigenvalue weighted by molar-refractivity contribution is 6.31. The number of para-hydroxylation sites is 2. The van der Waals surface area contributed by atoms with E-state index in [9.17, 15) is 0 Å². The van der Waals surface area contributed by atoms with Crippen LogP contribution >= 0.6 is 11.6 Å². The van der Waals surface area contributed by atoms with Crippen LogP contribution in [0.15, 0.2) is 42.5 Å². The van der Waals surface area contributed by atoms with E-state index in [2.05, 4.69) is 17.6 Å². The van der Waals surface area contributed by atoms with E-state index in [-0.39, 0.29) is 0 Å². The molecule has 4 heteroatoms. The molecule has 3 rings (SSSR count). The summed E-state index contributed by atoms with van der Waals surface area (Å²) in [5.74, 6) is 1.08. The van der Waals surface area contributed by atoms with Crippen molar-refractivity contribution in [2.75, 3.05) is 5.73 Å². The minimum Gasteiger partial charge on any atom is -0.398 e. The Morgan fingerprint density at radius 2 is 1.95 bits per heavy atom. The first-order valence-electron chi connectivity index (χ1n) is 7.17. The third-order valence-corrected chi connectivity index (χ3v) is 4.03. The summed E-state index contributed by atoms with van der Waals surface area (Å²) in [6, 6.07) is 13.8. The SMILES string of the molecule is CCCc1nc2ccccc2n1Cc1c(N)cccc1Cl. The van der Waals surface area contributed by atoms with Crippen LogP contribution in [0.5, 0.6) is 0 Å². The van der Waals surface area contributed by atoms with Crippen LogP contribution in [0.2, 0.25) is 5.02 Å². The lowest BCUT2D eigenvalue weighted by Crippen LogP contribution is -2.07. The second kappa shape index (κ2) is 5.78. The van der Waals surface area contributed by atoms with Gasteiger partial charge in [-0.05, 0) is 30.7 Å². The number of aryl methyl sites for hydroxylation is 1. The molecule has 0 fully saturated rings. The minimum absolute atomic E-state index is 0.654. The Balaban J connectivity index is 2.12. The lowest BCUT2D eigenvalue weighted by Gasteiger charge is -2.12.